The Hall–Kier alpha value is -1.33. The van der Waals surface area contributed by atoms with Crippen LogP contribution in [-0.2, 0) is 4.74 Å². The molecule has 1 aromatic rings. The Balaban J connectivity index is 1.75. The number of nitrogens with one attached hydrogen (secondary N) is 2. The molecule has 0 aliphatic carbocycles. The summed E-state index contributed by atoms with van der Waals surface area (Å²) < 4.78 is 11.1. The smallest absolute Gasteiger partial charge is 0.170 e. The Kier molecular flexibility index (Phi) is 5.61. The summed E-state index contributed by atoms with van der Waals surface area (Å²) in [5.74, 6) is 0.865. The van der Waals surface area contributed by atoms with E-state index in [0.717, 1.165) is 37.4 Å². The lowest BCUT2D eigenvalue weighted by atomic mass is 10.2. The lowest BCUT2D eigenvalue weighted by Gasteiger charge is -2.14. The van der Waals surface area contributed by atoms with Crippen molar-refractivity contribution < 1.29 is 9.47 Å². The van der Waals surface area contributed by atoms with Crippen molar-refractivity contribution in [1.29, 1.82) is 0 Å². The van der Waals surface area contributed by atoms with Gasteiger partial charge in [0.15, 0.2) is 5.11 Å². The van der Waals surface area contributed by atoms with Gasteiger partial charge in [0.2, 0.25) is 0 Å². The Morgan fingerprint density at radius 2 is 2.15 bits per heavy atom. The molecule has 2 N–H and O–H groups in total. The molecule has 0 spiro atoms. The van der Waals surface area contributed by atoms with Gasteiger partial charge in [-0.2, -0.15) is 0 Å². The molecule has 1 fully saturated rings. The van der Waals surface area contributed by atoms with Crippen molar-refractivity contribution in [1.82, 2.24) is 5.32 Å². The first-order valence-electron chi connectivity index (χ1n) is 7.06. The maximum absolute atomic E-state index is 5.60. The first-order chi connectivity index (χ1) is 9.63. The largest absolute Gasteiger partial charge is 0.491 e. The van der Waals surface area contributed by atoms with Crippen LogP contribution in [0.25, 0.3) is 0 Å². The Labute approximate surface area is 125 Å². The second kappa shape index (κ2) is 7.45. The minimum absolute atomic E-state index is 0.183. The van der Waals surface area contributed by atoms with E-state index in [-0.39, 0.29) is 12.2 Å². The Bertz CT molecular complexity index is 428. The molecule has 0 saturated carbocycles. The zero-order valence-electron chi connectivity index (χ0n) is 12.0. The molecule has 0 aromatic heterocycles. The van der Waals surface area contributed by atoms with Crippen molar-refractivity contribution in [3.05, 3.63) is 24.3 Å². The van der Waals surface area contributed by atoms with Gasteiger partial charge in [0.25, 0.3) is 0 Å². The third-order valence-electron chi connectivity index (χ3n) is 3.00. The summed E-state index contributed by atoms with van der Waals surface area (Å²) in [6.45, 7) is 5.65. The minimum Gasteiger partial charge on any atom is -0.491 e. The summed E-state index contributed by atoms with van der Waals surface area (Å²) in [5, 5.41) is 6.96. The first kappa shape index (κ1) is 15.1. The molecule has 1 aliphatic heterocycles. The number of thiocarbonyl (C=S) groups is 1. The Morgan fingerprint density at radius 1 is 1.40 bits per heavy atom. The van der Waals surface area contributed by atoms with Gasteiger partial charge in [-0.05, 0) is 63.2 Å². The molecule has 1 aliphatic rings. The van der Waals surface area contributed by atoms with Crippen molar-refractivity contribution in [2.75, 3.05) is 18.5 Å². The average molecular weight is 294 g/mol. The summed E-state index contributed by atoms with van der Waals surface area (Å²) in [4.78, 5) is 0. The predicted molar refractivity (Wildman–Crippen MR) is 85.4 cm³/mol. The molecule has 1 aromatic carbocycles. The molecule has 5 heteroatoms. The van der Waals surface area contributed by atoms with Crippen molar-refractivity contribution in [2.24, 2.45) is 0 Å². The fourth-order valence-corrected chi connectivity index (χ4v) is 2.28. The molecule has 4 nitrogen and oxygen atoms in total. The van der Waals surface area contributed by atoms with Crippen LogP contribution in [0.15, 0.2) is 24.3 Å². The first-order valence-corrected chi connectivity index (χ1v) is 7.47. The van der Waals surface area contributed by atoms with E-state index < -0.39 is 0 Å². The average Bonchev–Trinajstić information content (AvgIpc) is 2.91. The molecule has 0 amide bonds. The monoisotopic (exact) mass is 294 g/mol. The van der Waals surface area contributed by atoms with Crippen molar-refractivity contribution >= 4 is 23.0 Å². The van der Waals surface area contributed by atoms with Crippen LogP contribution < -0.4 is 15.4 Å². The van der Waals surface area contributed by atoms with E-state index >= 15 is 0 Å². The standard InChI is InChI=1S/C15H22N2O2S/c1-11(2)19-13-7-5-12(6-8-13)17-15(20)16-10-14-4-3-9-18-14/h5-8,11,14H,3-4,9-10H2,1-2H3,(H2,16,17,20). The number of ether oxygens (including phenoxy) is 2. The quantitative estimate of drug-likeness (QED) is 0.817. The summed E-state index contributed by atoms with van der Waals surface area (Å²) in [6, 6.07) is 7.78. The maximum Gasteiger partial charge on any atom is 0.170 e. The highest BCUT2D eigenvalue weighted by molar-refractivity contribution is 7.80. The second-order valence-corrected chi connectivity index (χ2v) is 5.57. The van der Waals surface area contributed by atoms with Gasteiger partial charge in [-0.15, -0.1) is 0 Å². The molecule has 110 valence electrons. The van der Waals surface area contributed by atoms with Crippen molar-refractivity contribution in [3.8, 4) is 5.75 Å². The second-order valence-electron chi connectivity index (χ2n) is 5.16. The van der Waals surface area contributed by atoms with E-state index in [0.29, 0.717) is 5.11 Å². The van der Waals surface area contributed by atoms with E-state index in [1.54, 1.807) is 0 Å². The molecular weight excluding hydrogens is 272 g/mol. The van der Waals surface area contributed by atoms with Crippen molar-refractivity contribution in [2.45, 2.75) is 38.9 Å². The number of hydrogen-bond acceptors (Lipinski definition) is 3. The highest BCUT2D eigenvalue weighted by Crippen LogP contribution is 2.17. The SMILES string of the molecule is CC(C)Oc1ccc(NC(=S)NCC2CCCO2)cc1. The number of hydrogen-bond donors (Lipinski definition) is 2. The van der Waals surface area contributed by atoms with E-state index in [2.05, 4.69) is 10.6 Å². The van der Waals surface area contributed by atoms with Gasteiger partial charge in [-0.25, -0.2) is 0 Å². The van der Waals surface area contributed by atoms with E-state index in [9.17, 15) is 0 Å². The van der Waals surface area contributed by atoms with Crippen LogP contribution in [-0.4, -0.2) is 30.5 Å². The van der Waals surface area contributed by atoms with Crippen LogP contribution in [0.3, 0.4) is 0 Å². The summed E-state index contributed by atoms with van der Waals surface area (Å²) >= 11 is 5.26. The normalized spacial score (nSPS) is 18.1. The number of rotatable bonds is 5. The molecule has 1 unspecified atom stereocenters. The van der Waals surface area contributed by atoms with Gasteiger partial charge in [0.05, 0.1) is 12.2 Å². The minimum atomic E-state index is 0.183. The van der Waals surface area contributed by atoms with E-state index in [4.69, 9.17) is 21.7 Å². The summed E-state index contributed by atoms with van der Waals surface area (Å²) in [5.41, 5.74) is 0.950. The molecule has 1 heterocycles. The van der Waals surface area contributed by atoms with Crippen LogP contribution in [0, 0.1) is 0 Å². The van der Waals surface area contributed by atoms with Gasteiger partial charge in [-0.1, -0.05) is 0 Å². The summed E-state index contributed by atoms with van der Waals surface area (Å²) in [7, 11) is 0. The molecular formula is C15H22N2O2S. The lowest BCUT2D eigenvalue weighted by Crippen LogP contribution is -2.34. The molecule has 1 saturated heterocycles. The maximum atomic E-state index is 5.60. The molecule has 20 heavy (non-hydrogen) atoms. The zero-order chi connectivity index (χ0) is 14.4. The number of benzene rings is 1. The highest BCUT2D eigenvalue weighted by Gasteiger charge is 2.15. The van der Waals surface area contributed by atoms with Crippen LogP contribution in [0.2, 0.25) is 0 Å². The van der Waals surface area contributed by atoms with Crippen LogP contribution in [0.5, 0.6) is 5.75 Å². The van der Waals surface area contributed by atoms with Crippen molar-refractivity contribution in [3.63, 3.8) is 0 Å². The van der Waals surface area contributed by atoms with E-state index in [1.165, 1.54) is 0 Å². The topological polar surface area (TPSA) is 42.5 Å². The van der Waals surface area contributed by atoms with Crippen LogP contribution in [0.4, 0.5) is 5.69 Å². The molecule has 0 radical (unpaired) electrons. The van der Waals surface area contributed by atoms with Gasteiger partial charge in [-0.3, -0.25) is 0 Å². The number of anilines is 1. The van der Waals surface area contributed by atoms with Crippen LogP contribution in [0.1, 0.15) is 26.7 Å². The lowest BCUT2D eigenvalue weighted by molar-refractivity contribution is 0.114. The third-order valence-corrected chi connectivity index (χ3v) is 3.24. The van der Waals surface area contributed by atoms with Crippen LogP contribution >= 0.6 is 12.2 Å². The fraction of sp³-hybridized carbons (Fsp3) is 0.533. The zero-order valence-corrected chi connectivity index (χ0v) is 12.8. The highest BCUT2D eigenvalue weighted by atomic mass is 32.1. The van der Waals surface area contributed by atoms with E-state index in [1.807, 2.05) is 38.1 Å². The fourth-order valence-electron chi connectivity index (χ4n) is 2.08. The predicted octanol–water partition coefficient (Wildman–Crippen LogP) is 2.94. The molecule has 1 atom stereocenters. The van der Waals surface area contributed by atoms with Gasteiger partial charge >= 0.3 is 0 Å². The molecule has 2 rings (SSSR count). The molecule has 0 bridgehead atoms. The summed E-state index contributed by atoms with van der Waals surface area (Å²) in [6.07, 6.45) is 2.72. The Morgan fingerprint density at radius 3 is 2.75 bits per heavy atom. The van der Waals surface area contributed by atoms with Gasteiger partial charge in [0.1, 0.15) is 5.75 Å². The van der Waals surface area contributed by atoms with Gasteiger partial charge < -0.3 is 20.1 Å². The van der Waals surface area contributed by atoms with Gasteiger partial charge in [0, 0.05) is 18.8 Å². The third kappa shape index (κ3) is 4.98.